The number of nitrogens with one attached hydrogen (secondary N) is 2. The van der Waals surface area contributed by atoms with Gasteiger partial charge in [0.15, 0.2) is 4.99 Å². The maximum Gasteiger partial charge on any atom is 0.158 e. The molecule has 3 rings (SSSR count). The van der Waals surface area contributed by atoms with Gasteiger partial charge in [0.05, 0.1) is 21.3 Å². The van der Waals surface area contributed by atoms with Gasteiger partial charge in [0.1, 0.15) is 0 Å². The molecule has 0 spiro atoms. The standard InChI is InChI=1S/C16H18BrN3S2/c1-9-7-12(17)5-6-13(9)19-16(4)20-14(8-21-16)15-10(2)18-11(3)22-15/h5-8,19-20H,1-4H3. The van der Waals surface area contributed by atoms with E-state index in [1.165, 1.54) is 10.4 Å². The van der Waals surface area contributed by atoms with Crippen LogP contribution in [0.15, 0.2) is 28.1 Å². The lowest BCUT2D eigenvalue weighted by Crippen LogP contribution is -2.42. The molecule has 116 valence electrons. The van der Waals surface area contributed by atoms with Gasteiger partial charge >= 0.3 is 0 Å². The molecule has 0 fully saturated rings. The Balaban J connectivity index is 1.78. The molecule has 1 unspecified atom stereocenters. The van der Waals surface area contributed by atoms with Crippen LogP contribution in [0.25, 0.3) is 5.70 Å². The lowest BCUT2D eigenvalue weighted by Gasteiger charge is -2.29. The molecule has 1 atom stereocenters. The molecule has 2 heterocycles. The average Bonchev–Trinajstić information content (AvgIpc) is 2.96. The zero-order valence-electron chi connectivity index (χ0n) is 13.0. The Bertz CT molecular complexity index is 754. The van der Waals surface area contributed by atoms with Crippen LogP contribution >= 0.6 is 39.0 Å². The summed E-state index contributed by atoms with van der Waals surface area (Å²) in [5.74, 6) is 0. The Labute approximate surface area is 147 Å². The highest BCUT2D eigenvalue weighted by Gasteiger charge is 2.31. The first-order valence-corrected chi connectivity index (χ1v) is 9.50. The van der Waals surface area contributed by atoms with E-state index >= 15 is 0 Å². The van der Waals surface area contributed by atoms with Crippen molar-refractivity contribution in [3.8, 4) is 0 Å². The molecule has 22 heavy (non-hydrogen) atoms. The van der Waals surface area contributed by atoms with E-state index in [4.69, 9.17) is 0 Å². The Morgan fingerprint density at radius 1 is 1.27 bits per heavy atom. The van der Waals surface area contributed by atoms with E-state index in [1.54, 1.807) is 23.1 Å². The summed E-state index contributed by atoms with van der Waals surface area (Å²) in [4.78, 5) is 5.49. The van der Waals surface area contributed by atoms with Crippen LogP contribution < -0.4 is 10.6 Å². The number of aromatic nitrogens is 1. The van der Waals surface area contributed by atoms with Crippen molar-refractivity contribution in [2.75, 3.05) is 5.32 Å². The van der Waals surface area contributed by atoms with E-state index in [9.17, 15) is 0 Å². The molecule has 1 aliphatic rings. The van der Waals surface area contributed by atoms with Crippen LogP contribution in [0, 0.1) is 20.8 Å². The molecule has 2 N–H and O–H groups in total. The number of hydrogen-bond donors (Lipinski definition) is 2. The van der Waals surface area contributed by atoms with Crippen LogP contribution in [-0.4, -0.2) is 9.98 Å². The first-order valence-electron chi connectivity index (χ1n) is 7.01. The van der Waals surface area contributed by atoms with Crippen molar-refractivity contribution < 1.29 is 0 Å². The van der Waals surface area contributed by atoms with Gasteiger partial charge in [-0.05, 0) is 56.9 Å². The zero-order chi connectivity index (χ0) is 15.9. The van der Waals surface area contributed by atoms with E-state index in [2.05, 4.69) is 75.9 Å². The number of hydrogen-bond acceptors (Lipinski definition) is 5. The van der Waals surface area contributed by atoms with Crippen molar-refractivity contribution in [2.45, 2.75) is 32.7 Å². The minimum atomic E-state index is -0.252. The number of benzene rings is 1. The highest BCUT2D eigenvalue weighted by Crippen LogP contribution is 2.39. The predicted molar refractivity (Wildman–Crippen MR) is 101 cm³/mol. The molecule has 0 radical (unpaired) electrons. The predicted octanol–water partition coefficient (Wildman–Crippen LogP) is 5.25. The molecular formula is C16H18BrN3S2. The Kier molecular flexibility index (Phi) is 4.27. The number of aryl methyl sites for hydroxylation is 3. The van der Waals surface area contributed by atoms with Gasteiger partial charge in [-0.3, -0.25) is 0 Å². The lowest BCUT2D eigenvalue weighted by atomic mass is 10.2. The van der Waals surface area contributed by atoms with Crippen molar-refractivity contribution in [1.29, 1.82) is 0 Å². The third-order valence-electron chi connectivity index (χ3n) is 3.50. The molecule has 0 saturated carbocycles. The summed E-state index contributed by atoms with van der Waals surface area (Å²) in [6.45, 7) is 8.38. The van der Waals surface area contributed by atoms with E-state index < -0.39 is 0 Å². The fourth-order valence-corrected chi connectivity index (χ4v) is 4.78. The second-order valence-corrected chi connectivity index (χ2v) is 8.95. The Morgan fingerprint density at radius 2 is 2.05 bits per heavy atom. The van der Waals surface area contributed by atoms with E-state index in [1.807, 2.05) is 6.92 Å². The fourth-order valence-electron chi connectivity index (χ4n) is 2.47. The molecule has 0 saturated heterocycles. The third-order valence-corrected chi connectivity index (χ3v) is 6.12. The SMILES string of the molecule is Cc1nc(C)c(C2=CSC(C)(Nc3ccc(Br)cc3C)N2)s1. The largest absolute Gasteiger partial charge is 0.354 e. The van der Waals surface area contributed by atoms with Gasteiger partial charge in [-0.2, -0.15) is 0 Å². The van der Waals surface area contributed by atoms with E-state index in [0.717, 1.165) is 26.6 Å². The monoisotopic (exact) mass is 395 g/mol. The summed E-state index contributed by atoms with van der Waals surface area (Å²) < 4.78 is 1.10. The maximum absolute atomic E-state index is 4.51. The number of anilines is 1. The van der Waals surface area contributed by atoms with Gasteiger partial charge in [0, 0.05) is 10.2 Å². The molecule has 0 aliphatic carbocycles. The average molecular weight is 396 g/mol. The molecule has 1 aromatic heterocycles. The molecule has 1 aromatic carbocycles. The van der Waals surface area contributed by atoms with Gasteiger partial charge in [-0.25, -0.2) is 4.98 Å². The highest BCUT2D eigenvalue weighted by molar-refractivity contribution is 9.10. The number of rotatable bonds is 3. The number of halogens is 1. The van der Waals surface area contributed by atoms with Crippen molar-refractivity contribution in [2.24, 2.45) is 0 Å². The van der Waals surface area contributed by atoms with E-state index in [0.29, 0.717) is 0 Å². The van der Waals surface area contributed by atoms with Gasteiger partial charge < -0.3 is 10.6 Å². The second kappa shape index (κ2) is 5.91. The zero-order valence-corrected chi connectivity index (χ0v) is 16.2. The Hall–Kier alpha value is -0.980. The van der Waals surface area contributed by atoms with Crippen LogP contribution in [0.1, 0.15) is 28.1 Å². The van der Waals surface area contributed by atoms with Crippen molar-refractivity contribution in [3.63, 3.8) is 0 Å². The topological polar surface area (TPSA) is 37.0 Å². The summed E-state index contributed by atoms with van der Waals surface area (Å²) in [6.07, 6.45) is 0. The molecule has 6 heteroatoms. The molecule has 3 nitrogen and oxygen atoms in total. The normalized spacial score (nSPS) is 20.7. The highest BCUT2D eigenvalue weighted by atomic mass is 79.9. The number of thiazole rings is 1. The van der Waals surface area contributed by atoms with Crippen molar-refractivity contribution in [1.82, 2.24) is 10.3 Å². The summed E-state index contributed by atoms with van der Waals surface area (Å²) in [7, 11) is 0. The fraction of sp³-hybridized carbons (Fsp3) is 0.312. The third kappa shape index (κ3) is 3.19. The summed E-state index contributed by atoms with van der Waals surface area (Å²) in [5, 5.41) is 10.5. The quantitative estimate of drug-likeness (QED) is 0.743. The van der Waals surface area contributed by atoms with E-state index in [-0.39, 0.29) is 4.99 Å². The number of nitrogens with zero attached hydrogens (tertiary/aromatic N) is 1. The molecule has 0 bridgehead atoms. The van der Waals surface area contributed by atoms with Crippen LogP contribution in [0.2, 0.25) is 0 Å². The van der Waals surface area contributed by atoms with Crippen LogP contribution in [-0.2, 0) is 0 Å². The Morgan fingerprint density at radius 3 is 2.68 bits per heavy atom. The van der Waals surface area contributed by atoms with Gasteiger partial charge in [0.25, 0.3) is 0 Å². The smallest absolute Gasteiger partial charge is 0.158 e. The second-order valence-electron chi connectivity index (χ2n) is 5.54. The first kappa shape index (κ1) is 15.9. The lowest BCUT2D eigenvalue weighted by molar-refractivity contribution is 0.681. The van der Waals surface area contributed by atoms with Crippen LogP contribution in [0.4, 0.5) is 5.69 Å². The minimum absolute atomic E-state index is 0.252. The molecule has 1 aliphatic heterocycles. The summed E-state index contributed by atoms with van der Waals surface area (Å²) in [6, 6.07) is 6.28. The minimum Gasteiger partial charge on any atom is -0.354 e. The summed E-state index contributed by atoms with van der Waals surface area (Å²) in [5.41, 5.74) is 4.60. The van der Waals surface area contributed by atoms with Crippen molar-refractivity contribution >= 4 is 50.4 Å². The molecular weight excluding hydrogens is 378 g/mol. The summed E-state index contributed by atoms with van der Waals surface area (Å²) >= 11 is 7.00. The van der Waals surface area contributed by atoms with Crippen LogP contribution in [0.3, 0.4) is 0 Å². The van der Waals surface area contributed by atoms with Gasteiger partial charge in [-0.1, -0.05) is 27.7 Å². The maximum atomic E-state index is 4.51. The first-order chi connectivity index (χ1) is 10.4. The molecule has 0 amide bonds. The molecule has 2 aromatic rings. The van der Waals surface area contributed by atoms with Crippen molar-refractivity contribution in [3.05, 3.63) is 49.2 Å². The van der Waals surface area contributed by atoms with Gasteiger partial charge in [0.2, 0.25) is 0 Å². The van der Waals surface area contributed by atoms with Gasteiger partial charge in [-0.15, -0.1) is 11.3 Å². The number of thioether (sulfide) groups is 1. The van der Waals surface area contributed by atoms with Crippen LogP contribution in [0.5, 0.6) is 0 Å².